The van der Waals surface area contributed by atoms with Crippen molar-refractivity contribution in [1.82, 2.24) is 5.32 Å². The number of amides is 1. The van der Waals surface area contributed by atoms with E-state index < -0.39 is 11.7 Å². The van der Waals surface area contributed by atoms with Crippen LogP contribution in [0.4, 0.5) is 9.18 Å². The van der Waals surface area contributed by atoms with Gasteiger partial charge in [0.2, 0.25) is 0 Å². The van der Waals surface area contributed by atoms with Crippen LogP contribution in [0.2, 0.25) is 0 Å². The van der Waals surface area contributed by atoms with Gasteiger partial charge in [-0.1, -0.05) is 6.92 Å². The first-order valence-electron chi connectivity index (χ1n) is 6.95. The number of carbonyl (C=O) groups is 2. The highest BCUT2D eigenvalue weighted by Crippen LogP contribution is 2.13. The molecule has 0 aliphatic heterocycles. The third-order valence-electron chi connectivity index (χ3n) is 2.82. The zero-order chi connectivity index (χ0) is 16.0. The van der Waals surface area contributed by atoms with Crippen LogP contribution in [0, 0.1) is 11.7 Å². The van der Waals surface area contributed by atoms with E-state index in [1.54, 1.807) is 27.7 Å². The van der Waals surface area contributed by atoms with Crippen molar-refractivity contribution in [3.8, 4) is 0 Å². The summed E-state index contributed by atoms with van der Waals surface area (Å²) in [6, 6.07) is 5.46. The van der Waals surface area contributed by atoms with Crippen LogP contribution < -0.4 is 5.32 Å². The molecule has 1 N–H and O–H groups in total. The first kappa shape index (κ1) is 17.1. The van der Waals surface area contributed by atoms with Gasteiger partial charge in [-0.25, -0.2) is 9.18 Å². The van der Waals surface area contributed by atoms with Crippen LogP contribution in [0.25, 0.3) is 0 Å². The lowest BCUT2D eigenvalue weighted by Gasteiger charge is -2.20. The number of halogens is 1. The minimum atomic E-state index is -0.542. The highest BCUT2D eigenvalue weighted by molar-refractivity contribution is 5.97. The van der Waals surface area contributed by atoms with E-state index in [1.807, 2.05) is 0 Å². The predicted octanol–water partition coefficient (Wildman–Crippen LogP) is 3.56. The molecule has 1 aromatic carbocycles. The lowest BCUT2D eigenvalue weighted by molar-refractivity contribution is 0.0523. The maximum absolute atomic E-state index is 12.8. The Bertz CT molecular complexity index is 491. The summed E-state index contributed by atoms with van der Waals surface area (Å²) in [5.74, 6) is -0.697. The Morgan fingerprint density at radius 1 is 1.24 bits per heavy atom. The number of ether oxygens (including phenoxy) is 1. The molecule has 21 heavy (non-hydrogen) atoms. The van der Waals surface area contributed by atoms with Crippen molar-refractivity contribution in [3.05, 3.63) is 35.6 Å². The number of hydrogen-bond donors (Lipinski definition) is 1. The number of rotatable bonds is 5. The monoisotopic (exact) mass is 295 g/mol. The Morgan fingerprint density at radius 3 is 2.33 bits per heavy atom. The maximum atomic E-state index is 12.8. The number of benzene rings is 1. The number of hydrogen-bond acceptors (Lipinski definition) is 3. The fourth-order valence-electron chi connectivity index (χ4n) is 1.73. The molecule has 0 aliphatic rings. The molecule has 0 aromatic heterocycles. The van der Waals surface area contributed by atoms with E-state index in [-0.39, 0.29) is 17.5 Å². The molecular formula is C16H22FNO3. The quantitative estimate of drug-likeness (QED) is 0.845. The number of ketones is 1. The van der Waals surface area contributed by atoms with Gasteiger partial charge < -0.3 is 10.1 Å². The van der Waals surface area contributed by atoms with Crippen LogP contribution in [0.3, 0.4) is 0 Å². The van der Waals surface area contributed by atoms with E-state index >= 15 is 0 Å². The Hall–Kier alpha value is -1.91. The molecule has 4 nitrogen and oxygen atoms in total. The van der Waals surface area contributed by atoms with Gasteiger partial charge in [0, 0.05) is 18.0 Å². The van der Waals surface area contributed by atoms with Gasteiger partial charge in [-0.05, 0) is 51.5 Å². The SMILES string of the molecule is C[C@@H](CCNC(=O)OC(C)(C)C)C(=O)c1ccc(F)cc1. The van der Waals surface area contributed by atoms with E-state index in [2.05, 4.69) is 5.32 Å². The molecule has 1 atom stereocenters. The van der Waals surface area contributed by atoms with Crippen molar-refractivity contribution in [1.29, 1.82) is 0 Å². The fraction of sp³-hybridized carbons (Fsp3) is 0.500. The molecule has 0 saturated carbocycles. The molecule has 0 heterocycles. The lowest BCUT2D eigenvalue weighted by atomic mass is 9.96. The molecule has 5 heteroatoms. The second kappa shape index (κ2) is 7.20. The minimum absolute atomic E-state index is 0.0685. The predicted molar refractivity (Wildman–Crippen MR) is 78.7 cm³/mol. The highest BCUT2D eigenvalue weighted by Gasteiger charge is 2.18. The molecular weight excluding hydrogens is 273 g/mol. The summed E-state index contributed by atoms with van der Waals surface area (Å²) in [6.07, 6.45) is -0.000871. The molecule has 0 unspecified atom stereocenters. The van der Waals surface area contributed by atoms with Gasteiger partial charge >= 0.3 is 6.09 Å². The fourth-order valence-corrected chi connectivity index (χ4v) is 1.73. The van der Waals surface area contributed by atoms with Gasteiger partial charge in [0.05, 0.1) is 0 Å². The smallest absolute Gasteiger partial charge is 0.407 e. The van der Waals surface area contributed by atoms with Crippen LogP contribution in [0.1, 0.15) is 44.5 Å². The van der Waals surface area contributed by atoms with E-state index in [0.717, 1.165) is 0 Å². The Balaban J connectivity index is 2.40. The molecule has 116 valence electrons. The number of carbonyl (C=O) groups excluding carboxylic acids is 2. The van der Waals surface area contributed by atoms with Crippen molar-refractivity contribution in [2.45, 2.75) is 39.7 Å². The summed E-state index contributed by atoms with van der Waals surface area (Å²) in [6.45, 7) is 7.49. The first-order chi connectivity index (χ1) is 9.69. The van der Waals surface area contributed by atoms with E-state index in [1.165, 1.54) is 24.3 Å². The van der Waals surface area contributed by atoms with Gasteiger partial charge in [-0.15, -0.1) is 0 Å². The molecule has 1 amide bonds. The van der Waals surface area contributed by atoms with Crippen molar-refractivity contribution in [2.24, 2.45) is 5.92 Å². The first-order valence-corrected chi connectivity index (χ1v) is 6.95. The van der Waals surface area contributed by atoms with Gasteiger partial charge in [0.1, 0.15) is 11.4 Å². The van der Waals surface area contributed by atoms with Crippen LogP contribution in [-0.2, 0) is 4.74 Å². The summed E-state index contributed by atoms with van der Waals surface area (Å²) in [7, 11) is 0. The summed E-state index contributed by atoms with van der Waals surface area (Å²) in [5.41, 5.74) is -0.0687. The molecule has 1 aromatic rings. The molecule has 0 radical (unpaired) electrons. The molecule has 0 spiro atoms. The Kier molecular flexibility index (Phi) is 5.88. The summed E-state index contributed by atoms with van der Waals surface area (Å²) in [5, 5.41) is 2.61. The van der Waals surface area contributed by atoms with Gasteiger partial charge in [-0.2, -0.15) is 0 Å². The average Bonchev–Trinajstić information content (AvgIpc) is 2.36. The second-order valence-corrected chi connectivity index (χ2v) is 5.99. The van der Waals surface area contributed by atoms with E-state index in [0.29, 0.717) is 18.5 Å². The van der Waals surface area contributed by atoms with Crippen LogP contribution in [-0.4, -0.2) is 24.0 Å². The van der Waals surface area contributed by atoms with Crippen molar-refractivity contribution < 1.29 is 18.7 Å². The topological polar surface area (TPSA) is 55.4 Å². The lowest BCUT2D eigenvalue weighted by Crippen LogP contribution is -2.33. The van der Waals surface area contributed by atoms with Gasteiger partial charge in [0.15, 0.2) is 5.78 Å². The highest BCUT2D eigenvalue weighted by atomic mass is 19.1. The number of alkyl carbamates (subject to hydrolysis) is 1. The standard InChI is InChI=1S/C16H22FNO3/c1-11(9-10-18-15(20)21-16(2,3)4)14(19)12-5-7-13(17)8-6-12/h5-8,11H,9-10H2,1-4H3,(H,18,20)/t11-/m0/s1. The largest absolute Gasteiger partial charge is 0.444 e. The van der Waals surface area contributed by atoms with Gasteiger partial charge in [-0.3, -0.25) is 4.79 Å². The zero-order valence-electron chi connectivity index (χ0n) is 12.9. The van der Waals surface area contributed by atoms with E-state index in [4.69, 9.17) is 4.74 Å². The zero-order valence-corrected chi connectivity index (χ0v) is 12.9. The minimum Gasteiger partial charge on any atom is -0.444 e. The molecule has 0 bridgehead atoms. The Morgan fingerprint density at radius 2 is 1.81 bits per heavy atom. The molecule has 0 aliphatic carbocycles. The normalized spacial score (nSPS) is 12.6. The summed E-state index contributed by atoms with van der Waals surface area (Å²) >= 11 is 0. The Labute approximate surface area is 124 Å². The molecule has 1 rings (SSSR count). The van der Waals surface area contributed by atoms with Crippen LogP contribution >= 0.6 is 0 Å². The average molecular weight is 295 g/mol. The van der Waals surface area contributed by atoms with E-state index in [9.17, 15) is 14.0 Å². The maximum Gasteiger partial charge on any atom is 0.407 e. The third kappa shape index (κ3) is 6.38. The summed E-state index contributed by atoms with van der Waals surface area (Å²) in [4.78, 5) is 23.6. The van der Waals surface area contributed by atoms with Crippen molar-refractivity contribution >= 4 is 11.9 Å². The number of Topliss-reactive ketones (excluding diaryl/α,β-unsaturated/α-hetero) is 1. The van der Waals surface area contributed by atoms with Crippen LogP contribution in [0.15, 0.2) is 24.3 Å². The van der Waals surface area contributed by atoms with Crippen LogP contribution in [0.5, 0.6) is 0 Å². The molecule has 0 fully saturated rings. The van der Waals surface area contributed by atoms with Crippen molar-refractivity contribution in [2.75, 3.05) is 6.54 Å². The van der Waals surface area contributed by atoms with Crippen molar-refractivity contribution in [3.63, 3.8) is 0 Å². The van der Waals surface area contributed by atoms with Gasteiger partial charge in [0.25, 0.3) is 0 Å². The second-order valence-electron chi connectivity index (χ2n) is 5.99. The number of nitrogens with one attached hydrogen (secondary N) is 1. The molecule has 0 saturated heterocycles. The third-order valence-corrected chi connectivity index (χ3v) is 2.82. The summed E-state index contributed by atoms with van der Waals surface area (Å²) < 4.78 is 17.9.